The molecule has 1 saturated heterocycles. The van der Waals surface area contributed by atoms with Crippen molar-refractivity contribution in [1.29, 1.82) is 0 Å². The van der Waals surface area contributed by atoms with Gasteiger partial charge in [0.15, 0.2) is 97.6 Å². The molecule has 1 heterocycles. The van der Waals surface area contributed by atoms with E-state index in [4.69, 9.17) is 4.74 Å². The maximum absolute atomic E-state index is 15.2. The number of phenols is 15. The molecule has 5 aromatic carbocycles. The van der Waals surface area contributed by atoms with Gasteiger partial charge in [-0.1, -0.05) is 0 Å². The average Bonchev–Trinajstić information content (AvgIpc) is 3.27. The van der Waals surface area contributed by atoms with Gasteiger partial charge in [0.2, 0.25) is 34.3 Å². The Hall–Kier alpha value is -8.79. The minimum Gasteiger partial charge on any atom is -0.504 e. The van der Waals surface area contributed by atoms with Gasteiger partial charge in [-0.05, 0) is 60.7 Å². The quantitative estimate of drug-likeness (QED) is 0.0536. The van der Waals surface area contributed by atoms with Crippen molar-refractivity contribution in [2.75, 3.05) is 0 Å². The Morgan fingerprint density at radius 1 is 0.373 bits per heavy atom. The number of carbonyl (C=O) groups is 5. The van der Waals surface area contributed by atoms with Crippen molar-refractivity contribution in [2.45, 2.75) is 34.8 Å². The van der Waals surface area contributed by atoms with Gasteiger partial charge in [-0.15, -0.1) is 0 Å². The second-order valence-corrected chi connectivity index (χ2v) is 14.8. The molecule has 20 N–H and O–H groups in total. The van der Waals surface area contributed by atoms with E-state index >= 15 is 14.4 Å². The van der Waals surface area contributed by atoms with E-state index in [0.717, 1.165) is 0 Å². The maximum atomic E-state index is 15.2. The van der Waals surface area contributed by atoms with Crippen LogP contribution in [-0.4, -0.2) is 166 Å². The Bertz CT molecular complexity index is 2880. The molecule has 1 aliphatic heterocycles. The molecule has 0 aliphatic carbocycles. The molecule has 6 rings (SSSR count). The van der Waals surface area contributed by atoms with Crippen LogP contribution in [0.5, 0.6) is 86.2 Å². The second kappa shape index (κ2) is 15.7. The Kier molecular flexibility index (Phi) is 11.2. The molecule has 1 aliphatic rings. The molecule has 6 atom stereocenters. The molecule has 5 aromatic rings. The lowest BCUT2D eigenvalue weighted by molar-refractivity contribution is -0.381. The number of hydrogen-bond donors (Lipinski definition) is 20. The predicted molar refractivity (Wildman–Crippen MR) is 210 cm³/mol. The highest BCUT2D eigenvalue weighted by molar-refractivity contribution is 6.22. The summed E-state index contributed by atoms with van der Waals surface area (Å²) in [6.07, 6.45) is -7.56. The van der Waals surface area contributed by atoms with E-state index in [1.165, 1.54) is 0 Å². The summed E-state index contributed by atoms with van der Waals surface area (Å²) < 4.78 is 5.32. The summed E-state index contributed by atoms with van der Waals surface area (Å²) in [5.74, 6) is -39.7. The number of aliphatic hydroxyl groups is 5. The zero-order chi connectivity index (χ0) is 50.4. The number of ketones is 5. The van der Waals surface area contributed by atoms with Gasteiger partial charge in [-0.25, -0.2) is 0 Å². The summed E-state index contributed by atoms with van der Waals surface area (Å²) >= 11 is 0. The summed E-state index contributed by atoms with van der Waals surface area (Å²) in [5.41, 5.74) is -23.3. The summed E-state index contributed by atoms with van der Waals surface area (Å²) in [7, 11) is 0. The van der Waals surface area contributed by atoms with Crippen molar-refractivity contribution in [3.8, 4) is 86.2 Å². The van der Waals surface area contributed by atoms with Crippen LogP contribution in [0.3, 0.4) is 0 Å². The van der Waals surface area contributed by atoms with Gasteiger partial charge in [-0.3, -0.25) is 24.0 Å². The number of aromatic hydroxyl groups is 15. The topological polar surface area (TPSA) is 499 Å². The summed E-state index contributed by atoms with van der Waals surface area (Å²) in [4.78, 5) is 74.3. The van der Waals surface area contributed by atoms with Crippen molar-refractivity contribution >= 4 is 28.9 Å². The fourth-order valence-electron chi connectivity index (χ4n) is 7.37. The molecule has 0 aromatic heterocycles. The van der Waals surface area contributed by atoms with Crippen molar-refractivity contribution in [2.24, 2.45) is 0 Å². The van der Waals surface area contributed by atoms with Gasteiger partial charge in [-0.2, -0.15) is 0 Å². The third kappa shape index (κ3) is 6.71. The van der Waals surface area contributed by atoms with Crippen molar-refractivity contribution in [1.82, 2.24) is 0 Å². The number of carbonyl (C=O) groups excluding carboxylic acids is 5. The van der Waals surface area contributed by atoms with Gasteiger partial charge in [0.1, 0.15) is 12.2 Å². The number of ether oxygens (including phenoxy) is 1. The van der Waals surface area contributed by atoms with Gasteiger partial charge < -0.3 is 107 Å². The third-order valence-electron chi connectivity index (χ3n) is 10.8. The summed E-state index contributed by atoms with van der Waals surface area (Å²) in [6.45, 7) is 0. The molecular weight excluding hydrogens is 908 g/mol. The monoisotopic (exact) mass is 940 g/mol. The van der Waals surface area contributed by atoms with E-state index in [0.29, 0.717) is 0 Å². The highest BCUT2D eigenvalue weighted by Crippen LogP contribution is 2.56. The van der Waals surface area contributed by atoms with Crippen LogP contribution in [0.2, 0.25) is 0 Å². The maximum Gasteiger partial charge on any atom is 0.273 e. The SMILES string of the molecule is O=C(c1cc(O)c(O)c(O)c1)C(O)[C@H]1O[C@](O)(C(=O)c2cc(O)c(O)c(O)c2)[C@](O)(C(=O)c2cc(O)c(O)c(O)c2)[C@](O)(C(=O)c2cc(O)c(O)c(O)c2)[C@@]1(O)C(=O)c1cc(O)c(O)c(O)c1. The number of phenolic OH excluding ortho intramolecular Hbond substituents is 15. The lowest BCUT2D eigenvalue weighted by atomic mass is 9.54. The zero-order valence-electron chi connectivity index (χ0n) is 32.8. The Labute approximate surface area is 368 Å². The lowest BCUT2D eigenvalue weighted by Crippen LogP contribution is -2.92. The highest BCUT2D eigenvalue weighted by Gasteiger charge is 2.87. The first-order valence-electron chi connectivity index (χ1n) is 18.2. The molecule has 1 unspecified atom stereocenters. The molecular formula is C41H32O26. The number of rotatable bonds is 11. The van der Waals surface area contributed by atoms with Gasteiger partial charge in [0.25, 0.3) is 5.79 Å². The molecule has 26 nitrogen and oxygen atoms in total. The smallest absolute Gasteiger partial charge is 0.273 e. The molecule has 0 saturated carbocycles. The molecule has 0 radical (unpaired) electrons. The fourth-order valence-corrected chi connectivity index (χ4v) is 7.37. The van der Waals surface area contributed by atoms with Crippen molar-refractivity contribution in [3.63, 3.8) is 0 Å². The van der Waals surface area contributed by atoms with Crippen LogP contribution in [0.15, 0.2) is 60.7 Å². The third-order valence-corrected chi connectivity index (χ3v) is 10.8. The normalized spacial score (nSPS) is 23.0. The minimum absolute atomic E-state index is 0.0482. The Balaban J connectivity index is 1.86. The fraction of sp³-hybridized carbons (Fsp3) is 0.146. The number of aliphatic hydroxyl groups excluding tert-OH is 1. The molecule has 1 fully saturated rings. The van der Waals surface area contributed by atoms with Crippen LogP contribution < -0.4 is 0 Å². The van der Waals surface area contributed by atoms with Crippen LogP contribution >= 0.6 is 0 Å². The molecule has 26 heteroatoms. The van der Waals surface area contributed by atoms with E-state index < -0.39 is 178 Å². The first-order chi connectivity index (χ1) is 30.9. The van der Waals surface area contributed by atoms with Crippen LogP contribution in [0.4, 0.5) is 0 Å². The zero-order valence-corrected chi connectivity index (χ0v) is 32.8. The highest BCUT2D eigenvalue weighted by atomic mass is 16.7. The number of hydrogen-bond acceptors (Lipinski definition) is 26. The molecule has 0 amide bonds. The standard InChI is InChI=1S/C41H32O26/c42-16-1-11(2-17(43)27(16)53)26(52)32(58)37-38(63,33(59)12-3-18(44)28(54)19(45)4-12)39(64,34(60)13-5-20(46)29(55)21(47)6-13)40(65,35(61)14-7-22(48)30(56)23(49)8-14)41(66,67-37)36(62)15-9-24(50)31(57)25(51)10-15/h1-10,32,37,42-51,53-58,63-66H/t32?,37-,38-,39+,40+,41-/m1/s1. The van der Waals surface area contributed by atoms with Crippen LogP contribution in [0.25, 0.3) is 0 Å². The lowest BCUT2D eigenvalue weighted by Gasteiger charge is -2.60. The number of benzene rings is 5. The predicted octanol–water partition coefficient (Wildman–Crippen LogP) is -1.37. The van der Waals surface area contributed by atoms with E-state index in [-0.39, 0.29) is 60.7 Å². The van der Waals surface area contributed by atoms with Crippen LogP contribution in [-0.2, 0) is 4.74 Å². The molecule has 67 heavy (non-hydrogen) atoms. The van der Waals surface area contributed by atoms with Crippen LogP contribution in [0.1, 0.15) is 51.8 Å². The van der Waals surface area contributed by atoms with Crippen molar-refractivity contribution in [3.05, 3.63) is 88.5 Å². The number of Topliss-reactive ketones (excluding diaryl/α,β-unsaturated/α-hetero) is 5. The largest absolute Gasteiger partial charge is 0.504 e. The van der Waals surface area contributed by atoms with E-state index in [2.05, 4.69) is 0 Å². The van der Waals surface area contributed by atoms with Crippen LogP contribution in [0, 0.1) is 0 Å². The Morgan fingerprint density at radius 2 is 0.612 bits per heavy atom. The van der Waals surface area contributed by atoms with Gasteiger partial charge >= 0.3 is 0 Å². The first kappa shape index (κ1) is 47.7. The van der Waals surface area contributed by atoms with E-state index in [1.54, 1.807) is 0 Å². The minimum atomic E-state index is -5.45. The van der Waals surface area contributed by atoms with Gasteiger partial charge in [0, 0.05) is 27.8 Å². The van der Waals surface area contributed by atoms with E-state index in [9.17, 15) is 112 Å². The molecule has 0 bridgehead atoms. The van der Waals surface area contributed by atoms with E-state index in [1.807, 2.05) is 0 Å². The molecule has 0 spiro atoms. The second-order valence-electron chi connectivity index (χ2n) is 14.8. The average molecular weight is 941 g/mol. The summed E-state index contributed by atoms with van der Waals surface area (Å²) in [6, 6.07) is 1.19. The molecule has 352 valence electrons. The van der Waals surface area contributed by atoms with Gasteiger partial charge in [0.05, 0.1) is 0 Å². The van der Waals surface area contributed by atoms with Crippen molar-refractivity contribution < 1.29 is 131 Å². The first-order valence-corrected chi connectivity index (χ1v) is 18.2. The summed E-state index contributed by atoms with van der Waals surface area (Å²) in [5, 5.41) is 218. The Morgan fingerprint density at radius 3 is 0.910 bits per heavy atom.